The predicted octanol–water partition coefficient (Wildman–Crippen LogP) is 1.81. The van der Waals surface area contributed by atoms with Gasteiger partial charge in [-0.25, -0.2) is 0 Å². The third-order valence-electron chi connectivity index (χ3n) is 2.53. The van der Waals surface area contributed by atoms with Crippen molar-refractivity contribution in [2.24, 2.45) is 7.05 Å². The van der Waals surface area contributed by atoms with Crippen LogP contribution in [-0.4, -0.2) is 21.3 Å². The average Bonchev–Trinajstić information content (AvgIpc) is 2.69. The van der Waals surface area contributed by atoms with Gasteiger partial charge in [-0.1, -0.05) is 0 Å². The maximum absolute atomic E-state index is 5.84. The minimum absolute atomic E-state index is 0.643. The summed E-state index contributed by atoms with van der Waals surface area (Å²) in [5.41, 5.74) is 8.55. The van der Waals surface area contributed by atoms with Crippen LogP contribution in [0.4, 0.5) is 11.4 Å². The second kappa shape index (κ2) is 5.18. The molecule has 90 valence electrons. The Hall–Kier alpha value is -1.56. The quantitative estimate of drug-likeness (QED) is 0.903. The largest absolute Gasteiger partial charge is 0.396 e. The molecule has 0 saturated carbocycles. The summed E-state index contributed by atoms with van der Waals surface area (Å²) in [6, 6.07) is 2.01. The van der Waals surface area contributed by atoms with E-state index in [0.29, 0.717) is 5.69 Å². The summed E-state index contributed by atoms with van der Waals surface area (Å²) in [4.78, 5) is 3.99. The maximum atomic E-state index is 5.84. The van der Waals surface area contributed by atoms with Gasteiger partial charge in [-0.2, -0.15) is 5.10 Å². The number of pyridine rings is 1. The number of hydrogen-bond acceptors (Lipinski definition) is 4. The van der Waals surface area contributed by atoms with E-state index in [1.54, 1.807) is 18.6 Å². The molecule has 0 spiro atoms. The van der Waals surface area contributed by atoms with Crippen molar-refractivity contribution in [3.05, 3.63) is 34.8 Å². The van der Waals surface area contributed by atoms with Crippen molar-refractivity contribution >= 4 is 27.3 Å². The minimum Gasteiger partial charge on any atom is -0.396 e. The maximum Gasteiger partial charge on any atom is 0.0750 e. The van der Waals surface area contributed by atoms with Crippen molar-refractivity contribution in [1.29, 1.82) is 0 Å². The lowest BCUT2D eigenvalue weighted by atomic mass is 10.3. The number of hydrogen-bond donors (Lipinski definition) is 2. The number of halogens is 1. The molecule has 0 radical (unpaired) electrons. The predicted molar refractivity (Wildman–Crippen MR) is 71.8 cm³/mol. The lowest BCUT2D eigenvalue weighted by Gasteiger charge is -2.10. The van der Waals surface area contributed by atoms with E-state index in [1.165, 1.54) is 5.69 Å². The molecule has 2 aromatic heterocycles. The molecule has 6 heteroatoms. The summed E-state index contributed by atoms with van der Waals surface area (Å²) >= 11 is 3.42. The number of aromatic nitrogens is 3. The molecule has 2 aromatic rings. The highest BCUT2D eigenvalue weighted by Gasteiger charge is 2.04. The van der Waals surface area contributed by atoms with E-state index >= 15 is 0 Å². The molecular weight excluding hydrogens is 282 g/mol. The molecular formula is C11H14BrN5. The third kappa shape index (κ3) is 2.76. The lowest BCUT2D eigenvalue weighted by Crippen LogP contribution is -2.10. The highest BCUT2D eigenvalue weighted by Crippen LogP contribution is 2.26. The van der Waals surface area contributed by atoms with Crippen LogP contribution in [-0.2, 0) is 13.5 Å². The molecule has 0 amide bonds. The van der Waals surface area contributed by atoms with Crippen molar-refractivity contribution in [2.45, 2.75) is 6.42 Å². The zero-order valence-corrected chi connectivity index (χ0v) is 11.1. The molecule has 0 aliphatic heterocycles. The van der Waals surface area contributed by atoms with E-state index in [-0.39, 0.29) is 0 Å². The Labute approximate surface area is 108 Å². The van der Waals surface area contributed by atoms with Crippen molar-refractivity contribution in [2.75, 3.05) is 17.6 Å². The molecule has 2 heterocycles. The van der Waals surface area contributed by atoms with E-state index < -0.39 is 0 Å². The van der Waals surface area contributed by atoms with Crippen molar-refractivity contribution in [3.8, 4) is 0 Å². The van der Waals surface area contributed by atoms with Gasteiger partial charge in [0.2, 0.25) is 0 Å². The molecule has 0 bridgehead atoms. The second-order valence-corrected chi connectivity index (χ2v) is 4.56. The van der Waals surface area contributed by atoms with Gasteiger partial charge in [0.1, 0.15) is 0 Å². The standard InChI is InChI=1S/C11H14BrN5/c1-17-8(3-5-16-17)2-4-15-11-9(12)6-14-7-10(11)13/h3,5-7H,2,4,13H2,1H3,(H,14,15). The highest BCUT2D eigenvalue weighted by atomic mass is 79.9. The SMILES string of the molecule is Cn1nccc1CCNc1c(N)cncc1Br. The van der Waals surface area contributed by atoms with E-state index in [0.717, 1.165) is 23.1 Å². The number of aryl methyl sites for hydroxylation is 1. The van der Waals surface area contributed by atoms with Crippen LogP contribution in [0.2, 0.25) is 0 Å². The Kier molecular flexibility index (Phi) is 3.63. The fraction of sp³-hybridized carbons (Fsp3) is 0.273. The molecule has 0 unspecified atom stereocenters. The average molecular weight is 296 g/mol. The van der Waals surface area contributed by atoms with Crippen LogP contribution in [0, 0.1) is 0 Å². The fourth-order valence-corrected chi connectivity index (χ4v) is 2.09. The molecule has 0 aliphatic carbocycles. The number of anilines is 2. The van der Waals surface area contributed by atoms with E-state index in [2.05, 4.69) is 31.3 Å². The van der Waals surface area contributed by atoms with Crippen LogP contribution < -0.4 is 11.1 Å². The zero-order chi connectivity index (χ0) is 12.3. The second-order valence-electron chi connectivity index (χ2n) is 3.71. The van der Waals surface area contributed by atoms with Crippen LogP contribution in [0.15, 0.2) is 29.1 Å². The highest BCUT2D eigenvalue weighted by molar-refractivity contribution is 9.10. The number of nitrogens with two attached hydrogens (primary N) is 1. The lowest BCUT2D eigenvalue weighted by molar-refractivity contribution is 0.711. The van der Waals surface area contributed by atoms with Gasteiger partial charge in [0.05, 0.1) is 22.0 Å². The molecule has 3 N–H and O–H groups in total. The summed E-state index contributed by atoms with van der Waals surface area (Å²) < 4.78 is 2.75. The number of nitrogen functional groups attached to an aromatic ring is 1. The van der Waals surface area contributed by atoms with Gasteiger partial charge in [0.25, 0.3) is 0 Å². The van der Waals surface area contributed by atoms with Gasteiger partial charge in [0.15, 0.2) is 0 Å². The first kappa shape index (κ1) is 11.9. The Morgan fingerprint density at radius 3 is 2.94 bits per heavy atom. The molecule has 0 atom stereocenters. The molecule has 2 rings (SSSR count). The number of rotatable bonds is 4. The van der Waals surface area contributed by atoms with Gasteiger partial charge in [-0.05, 0) is 22.0 Å². The van der Waals surface area contributed by atoms with E-state index in [1.807, 2.05) is 17.8 Å². The summed E-state index contributed by atoms with van der Waals surface area (Å²) in [5, 5.41) is 7.42. The summed E-state index contributed by atoms with van der Waals surface area (Å²) in [6.07, 6.45) is 6.05. The normalized spacial score (nSPS) is 10.5. The summed E-state index contributed by atoms with van der Waals surface area (Å²) in [6.45, 7) is 0.798. The third-order valence-corrected chi connectivity index (χ3v) is 3.14. The zero-order valence-electron chi connectivity index (χ0n) is 9.52. The fourth-order valence-electron chi connectivity index (χ4n) is 1.60. The molecule has 5 nitrogen and oxygen atoms in total. The molecule has 17 heavy (non-hydrogen) atoms. The van der Waals surface area contributed by atoms with Crippen LogP contribution >= 0.6 is 15.9 Å². The van der Waals surface area contributed by atoms with E-state index in [4.69, 9.17) is 5.73 Å². The first-order chi connectivity index (χ1) is 8.18. The van der Waals surface area contributed by atoms with Gasteiger partial charge in [-0.15, -0.1) is 0 Å². The van der Waals surface area contributed by atoms with Crippen LogP contribution in [0.5, 0.6) is 0 Å². The van der Waals surface area contributed by atoms with Crippen LogP contribution in [0.1, 0.15) is 5.69 Å². The first-order valence-corrected chi connectivity index (χ1v) is 6.07. The Bertz CT molecular complexity index is 488. The van der Waals surface area contributed by atoms with Crippen LogP contribution in [0.3, 0.4) is 0 Å². The van der Waals surface area contributed by atoms with Gasteiger partial charge >= 0.3 is 0 Å². The van der Waals surface area contributed by atoms with Gasteiger partial charge in [0, 0.05) is 38.1 Å². The van der Waals surface area contributed by atoms with E-state index in [9.17, 15) is 0 Å². The van der Waals surface area contributed by atoms with Crippen LogP contribution in [0.25, 0.3) is 0 Å². The summed E-state index contributed by atoms with van der Waals surface area (Å²) in [7, 11) is 1.94. The summed E-state index contributed by atoms with van der Waals surface area (Å²) in [5.74, 6) is 0. The van der Waals surface area contributed by atoms with Gasteiger partial charge < -0.3 is 11.1 Å². The number of nitrogens with zero attached hydrogens (tertiary/aromatic N) is 3. The van der Waals surface area contributed by atoms with Gasteiger partial charge in [-0.3, -0.25) is 9.67 Å². The molecule has 0 saturated heterocycles. The topological polar surface area (TPSA) is 68.8 Å². The Morgan fingerprint density at radius 1 is 1.47 bits per heavy atom. The smallest absolute Gasteiger partial charge is 0.0750 e. The van der Waals surface area contributed by atoms with Crippen molar-refractivity contribution < 1.29 is 0 Å². The van der Waals surface area contributed by atoms with Crippen molar-refractivity contribution in [3.63, 3.8) is 0 Å². The Balaban J connectivity index is 1.97. The van der Waals surface area contributed by atoms with Crippen molar-refractivity contribution in [1.82, 2.24) is 14.8 Å². The molecule has 0 fully saturated rings. The number of nitrogens with one attached hydrogen (secondary N) is 1. The first-order valence-electron chi connectivity index (χ1n) is 5.28. The Morgan fingerprint density at radius 2 is 2.29 bits per heavy atom. The molecule has 0 aliphatic rings. The monoisotopic (exact) mass is 295 g/mol. The molecule has 0 aromatic carbocycles. The minimum atomic E-state index is 0.643.